The minimum absolute atomic E-state index is 0.00727. The summed E-state index contributed by atoms with van der Waals surface area (Å²) in [5.41, 5.74) is 0. The van der Waals surface area contributed by atoms with E-state index < -0.39 is 24.6 Å². The summed E-state index contributed by atoms with van der Waals surface area (Å²) in [6.45, 7) is 0.223. The van der Waals surface area contributed by atoms with Gasteiger partial charge in [-0.05, 0) is 0 Å². The number of rotatable bonds is 5. The van der Waals surface area contributed by atoms with Crippen LogP contribution in [0, 0.1) is 0 Å². The summed E-state index contributed by atoms with van der Waals surface area (Å²) in [4.78, 5) is 39.6. The summed E-state index contributed by atoms with van der Waals surface area (Å²) in [6.07, 6.45) is -2.73. The molecule has 0 aliphatic carbocycles. The summed E-state index contributed by atoms with van der Waals surface area (Å²) in [7, 11) is 4.93. The Kier molecular flexibility index (Phi) is 37.0. The second-order valence-electron chi connectivity index (χ2n) is 4.10. The van der Waals surface area contributed by atoms with Gasteiger partial charge >= 0.3 is 24.6 Å². The molecule has 0 unspecified atom stereocenters. The highest BCUT2D eigenvalue weighted by Crippen LogP contribution is 1.92. The van der Waals surface area contributed by atoms with Gasteiger partial charge in [0.2, 0.25) is 0 Å². The second kappa shape index (κ2) is 32.6. The summed E-state index contributed by atoms with van der Waals surface area (Å²) in [5, 5.41) is 31.4. The molecule has 0 aromatic carbocycles. The van der Waals surface area contributed by atoms with Gasteiger partial charge in [0.1, 0.15) is 26.4 Å². The molecule has 1 rings (SSSR count). The third-order valence-electron chi connectivity index (χ3n) is 1.91. The molecule has 0 bridgehead atoms. The summed E-state index contributed by atoms with van der Waals surface area (Å²) < 4.78 is 33.3. The highest BCUT2D eigenvalue weighted by atomic mass is 16.8. The molecule has 1 saturated heterocycles. The fourth-order valence-corrected chi connectivity index (χ4v) is 0.751. The number of methoxy groups -OCH3 is 4. The van der Waals surface area contributed by atoms with Gasteiger partial charge in [0.25, 0.3) is 0 Å². The van der Waals surface area contributed by atoms with Crippen LogP contribution in [0.2, 0.25) is 0 Å². The van der Waals surface area contributed by atoms with Crippen LogP contribution in [0.4, 0.5) is 19.2 Å². The van der Waals surface area contributed by atoms with Gasteiger partial charge in [-0.2, -0.15) is 0 Å². The number of carbonyl (C=O) groups is 4. The molecule has 16 heteroatoms. The van der Waals surface area contributed by atoms with Crippen molar-refractivity contribution in [2.75, 3.05) is 81.3 Å². The van der Waals surface area contributed by atoms with E-state index in [1.54, 1.807) is 0 Å². The van der Waals surface area contributed by atoms with Crippen LogP contribution in [0.25, 0.3) is 0 Å². The van der Waals surface area contributed by atoms with Gasteiger partial charge in [-0.15, -0.1) is 0 Å². The first-order valence-corrected chi connectivity index (χ1v) is 8.50. The first-order chi connectivity index (χ1) is 15.2. The minimum Gasteiger partial charge on any atom is -0.438 e. The number of aliphatic hydroxyl groups is 4. The van der Waals surface area contributed by atoms with E-state index in [4.69, 9.17) is 20.4 Å². The standard InChI is InChI=1S/2C4H8O4.C3H4O3.C3H6O3.C2H6O2/c2*1-7-4(6)8-3-2-5;4-3-5-1-2-6-3;1-5-3(4)6-2;3-1-2-4/h2*5H,2-3H2,1H3;1-2H2;1-2H3;3-4H,1-2H2. The van der Waals surface area contributed by atoms with E-state index in [2.05, 4.69) is 37.9 Å². The molecule has 0 radical (unpaired) electrons. The number of aliphatic hydroxyl groups excluding tert-OH is 4. The number of hydrogen-bond acceptors (Lipinski definition) is 16. The van der Waals surface area contributed by atoms with E-state index in [9.17, 15) is 19.2 Å². The third-order valence-corrected chi connectivity index (χ3v) is 1.91. The Morgan fingerprint density at radius 2 is 0.969 bits per heavy atom. The molecule has 1 aliphatic rings. The van der Waals surface area contributed by atoms with Crippen molar-refractivity contribution in [1.29, 1.82) is 0 Å². The quantitative estimate of drug-likeness (QED) is 0.275. The maximum atomic E-state index is 10.0. The summed E-state index contributed by atoms with van der Waals surface area (Å²) >= 11 is 0. The zero-order valence-corrected chi connectivity index (χ0v) is 18.3. The lowest BCUT2D eigenvalue weighted by molar-refractivity contribution is 0.0579. The van der Waals surface area contributed by atoms with Crippen molar-refractivity contribution in [3.63, 3.8) is 0 Å². The Morgan fingerprint density at radius 3 is 1.09 bits per heavy atom. The van der Waals surface area contributed by atoms with Crippen LogP contribution >= 0.6 is 0 Å². The highest BCUT2D eigenvalue weighted by Gasteiger charge is 2.09. The van der Waals surface area contributed by atoms with Crippen molar-refractivity contribution in [3.8, 4) is 0 Å². The SMILES string of the molecule is COC(=O)OC.COC(=O)OCCO.COC(=O)OCCO.O=C1OCCO1.OCCO. The molecule has 1 aliphatic heterocycles. The first kappa shape index (κ1) is 36.3. The predicted molar refractivity (Wildman–Crippen MR) is 102 cm³/mol. The van der Waals surface area contributed by atoms with Gasteiger partial charge in [-0.3, -0.25) is 0 Å². The average Bonchev–Trinajstić information content (AvgIpc) is 3.32. The van der Waals surface area contributed by atoms with Crippen LogP contribution in [0.15, 0.2) is 0 Å². The zero-order valence-electron chi connectivity index (χ0n) is 18.3. The van der Waals surface area contributed by atoms with Crippen LogP contribution in [0.3, 0.4) is 0 Å². The minimum atomic E-state index is -0.765. The molecule has 16 nitrogen and oxygen atoms in total. The molecule has 192 valence electrons. The van der Waals surface area contributed by atoms with Crippen LogP contribution in [0.5, 0.6) is 0 Å². The van der Waals surface area contributed by atoms with E-state index in [0.29, 0.717) is 13.2 Å². The van der Waals surface area contributed by atoms with Gasteiger partial charge in [0.05, 0.1) is 54.9 Å². The lowest BCUT2D eigenvalue weighted by Gasteiger charge is -1.97. The molecule has 0 aromatic heterocycles. The number of cyclic esters (lactones) is 2. The van der Waals surface area contributed by atoms with Gasteiger partial charge in [0, 0.05) is 0 Å². The molecule has 0 aromatic rings. The lowest BCUT2D eigenvalue weighted by Crippen LogP contribution is -2.07. The van der Waals surface area contributed by atoms with Crippen LogP contribution in [-0.4, -0.2) is 126 Å². The Morgan fingerprint density at radius 1 is 0.656 bits per heavy atom. The van der Waals surface area contributed by atoms with E-state index in [1.165, 1.54) is 28.4 Å². The molecule has 0 spiro atoms. The third kappa shape index (κ3) is 41.3. The molecule has 1 heterocycles. The molecular weight excluding hydrogens is 448 g/mol. The Balaban J connectivity index is -0.000000156. The average molecular weight is 480 g/mol. The zero-order chi connectivity index (χ0) is 25.6. The van der Waals surface area contributed by atoms with Crippen molar-refractivity contribution in [3.05, 3.63) is 0 Å². The largest absolute Gasteiger partial charge is 0.508 e. The van der Waals surface area contributed by atoms with E-state index in [0.717, 1.165) is 0 Å². The van der Waals surface area contributed by atoms with Crippen LogP contribution in [0.1, 0.15) is 0 Å². The molecule has 0 amide bonds. The normalized spacial score (nSPS) is 10.1. The monoisotopic (exact) mass is 480 g/mol. The Hall–Kier alpha value is -3.08. The molecule has 32 heavy (non-hydrogen) atoms. The van der Waals surface area contributed by atoms with Gasteiger partial charge < -0.3 is 58.3 Å². The maximum Gasteiger partial charge on any atom is 0.508 e. The van der Waals surface area contributed by atoms with E-state index >= 15 is 0 Å². The van der Waals surface area contributed by atoms with Crippen molar-refractivity contribution in [2.24, 2.45) is 0 Å². The van der Waals surface area contributed by atoms with Gasteiger partial charge in [-0.1, -0.05) is 0 Å². The lowest BCUT2D eigenvalue weighted by atomic mass is 10.8. The second-order valence-corrected chi connectivity index (χ2v) is 4.10. The molecule has 4 N–H and O–H groups in total. The number of ether oxygens (including phenoxy) is 8. The van der Waals surface area contributed by atoms with E-state index in [-0.39, 0.29) is 39.6 Å². The fourth-order valence-electron chi connectivity index (χ4n) is 0.751. The smallest absolute Gasteiger partial charge is 0.438 e. The summed E-state index contributed by atoms with van der Waals surface area (Å²) in [6, 6.07) is 0. The van der Waals surface area contributed by atoms with Crippen molar-refractivity contribution in [2.45, 2.75) is 0 Å². The van der Waals surface area contributed by atoms with Crippen molar-refractivity contribution >= 4 is 24.6 Å². The molecular formula is C16H32O16. The van der Waals surface area contributed by atoms with E-state index in [1.807, 2.05) is 0 Å². The van der Waals surface area contributed by atoms with Crippen LogP contribution in [-0.2, 0) is 37.9 Å². The van der Waals surface area contributed by atoms with Crippen molar-refractivity contribution < 1.29 is 77.5 Å². The molecule has 0 saturated carbocycles. The van der Waals surface area contributed by atoms with Gasteiger partial charge in [-0.25, -0.2) is 19.2 Å². The highest BCUT2D eigenvalue weighted by molar-refractivity contribution is 5.61. The molecule has 0 atom stereocenters. The van der Waals surface area contributed by atoms with Crippen LogP contribution < -0.4 is 0 Å². The molecule has 1 fully saturated rings. The van der Waals surface area contributed by atoms with Crippen molar-refractivity contribution in [1.82, 2.24) is 0 Å². The Labute approximate surface area is 184 Å². The topological polar surface area (TPSA) is 223 Å². The Bertz CT molecular complexity index is 404. The fraction of sp³-hybridized carbons (Fsp3) is 0.750. The maximum absolute atomic E-state index is 10.0. The van der Waals surface area contributed by atoms with Gasteiger partial charge in [0.15, 0.2) is 0 Å². The summed E-state index contributed by atoms with van der Waals surface area (Å²) in [5.74, 6) is 0. The first-order valence-electron chi connectivity index (χ1n) is 8.50. The predicted octanol–water partition coefficient (Wildman–Crippen LogP) is -0.953. The number of hydrogen-bond donors (Lipinski definition) is 4. The number of carbonyl (C=O) groups excluding carboxylic acids is 4.